The summed E-state index contributed by atoms with van der Waals surface area (Å²) in [5.74, 6) is 1.89. The van der Waals surface area contributed by atoms with E-state index >= 15 is 0 Å². The van der Waals surface area contributed by atoms with Gasteiger partial charge in [-0.25, -0.2) is 9.97 Å². The number of anilines is 2. The van der Waals surface area contributed by atoms with Crippen molar-refractivity contribution in [3.05, 3.63) is 36.0 Å². The molecule has 90 valence electrons. The van der Waals surface area contributed by atoms with Crippen LogP contribution in [0.3, 0.4) is 0 Å². The molecule has 0 unspecified atom stereocenters. The van der Waals surface area contributed by atoms with E-state index in [2.05, 4.69) is 20.3 Å². The van der Waals surface area contributed by atoms with E-state index in [4.69, 9.17) is 5.73 Å². The molecule has 0 aliphatic rings. The predicted octanol–water partition coefficient (Wildman–Crippen LogP) is 1.74. The second-order valence-corrected chi connectivity index (χ2v) is 3.99. The number of rotatable bonds is 5. The van der Waals surface area contributed by atoms with Gasteiger partial charge in [0.15, 0.2) is 0 Å². The zero-order chi connectivity index (χ0) is 12.1. The van der Waals surface area contributed by atoms with Crippen molar-refractivity contribution in [3.8, 4) is 0 Å². The summed E-state index contributed by atoms with van der Waals surface area (Å²) in [5, 5.41) is 3.27. The van der Waals surface area contributed by atoms with Crippen molar-refractivity contribution in [1.82, 2.24) is 15.0 Å². The van der Waals surface area contributed by atoms with Crippen molar-refractivity contribution in [2.45, 2.75) is 19.8 Å². The van der Waals surface area contributed by atoms with Gasteiger partial charge in [0, 0.05) is 25.4 Å². The molecule has 0 saturated carbocycles. The lowest BCUT2D eigenvalue weighted by atomic mass is 10.2. The molecule has 0 aliphatic carbocycles. The first kappa shape index (κ1) is 11.4. The third-order valence-electron chi connectivity index (χ3n) is 2.60. The number of imidazole rings is 1. The fourth-order valence-corrected chi connectivity index (χ4v) is 1.57. The number of H-pyrrole nitrogens is 1. The topological polar surface area (TPSA) is 79.6 Å². The van der Waals surface area contributed by atoms with Crippen molar-refractivity contribution < 1.29 is 0 Å². The SMILES string of the molecule is Cc1cc(NCCCc2ncc[nH]2)ncc1N. The number of nitrogens with one attached hydrogen (secondary N) is 2. The van der Waals surface area contributed by atoms with Crippen molar-refractivity contribution in [2.75, 3.05) is 17.6 Å². The van der Waals surface area contributed by atoms with Gasteiger partial charge in [-0.05, 0) is 25.0 Å². The molecule has 0 aromatic carbocycles. The van der Waals surface area contributed by atoms with Crippen LogP contribution >= 0.6 is 0 Å². The molecule has 2 heterocycles. The molecule has 4 N–H and O–H groups in total. The molecule has 0 atom stereocenters. The lowest BCUT2D eigenvalue weighted by molar-refractivity contribution is 0.814. The van der Waals surface area contributed by atoms with Crippen LogP contribution in [0.25, 0.3) is 0 Å². The largest absolute Gasteiger partial charge is 0.397 e. The highest BCUT2D eigenvalue weighted by atomic mass is 15.0. The van der Waals surface area contributed by atoms with Gasteiger partial charge in [0.25, 0.3) is 0 Å². The van der Waals surface area contributed by atoms with Crippen LogP contribution in [0.4, 0.5) is 11.5 Å². The molecule has 2 aromatic rings. The Morgan fingerprint density at radius 2 is 2.29 bits per heavy atom. The minimum atomic E-state index is 0.728. The van der Waals surface area contributed by atoms with E-state index in [9.17, 15) is 0 Å². The summed E-state index contributed by atoms with van der Waals surface area (Å²) >= 11 is 0. The van der Waals surface area contributed by atoms with Gasteiger partial charge in [-0.15, -0.1) is 0 Å². The molecule has 17 heavy (non-hydrogen) atoms. The summed E-state index contributed by atoms with van der Waals surface area (Å²) in [7, 11) is 0. The quantitative estimate of drug-likeness (QED) is 0.685. The third-order valence-corrected chi connectivity index (χ3v) is 2.60. The van der Waals surface area contributed by atoms with Gasteiger partial charge >= 0.3 is 0 Å². The maximum absolute atomic E-state index is 5.71. The predicted molar refractivity (Wildman–Crippen MR) is 68.8 cm³/mol. The first-order chi connectivity index (χ1) is 8.25. The van der Waals surface area contributed by atoms with Crippen LogP contribution in [0.5, 0.6) is 0 Å². The molecule has 5 nitrogen and oxygen atoms in total. The molecular weight excluding hydrogens is 214 g/mol. The Bertz CT molecular complexity index is 464. The summed E-state index contributed by atoms with van der Waals surface area (Å²) in [6.07, 6.45) is 7.25. The van der Waals surface area contributed by atoms with Crippen molar-refractivity contribution in [1.29, 1.82) is 0 Å². The van der Waals surface area contributed by atoms with Gasteiger partial charge in [0.2, 0.25) is 0 Å². The van der Waals surface area contributed by atoms with E-state index in [0.29, 0.717) is 0 Å². The Morgan fingerprint density at radius 1 is 1.41 bits per heavy atom. The van der Waals surface area contributed by atoms with E-state index in [1.165, 1.54) is 0 Å². The molecule has 0 bridgehead atoms. The number of hydrogen-bond acceptors (Lipinski definition) is 4. The average Bonchev–Trinajstić information content (AvgIpc) is 2.82. The first-order valence-electron chi connectivity index (χ1n) is 5.70. The molecule has 0 spiro atoms. The average molecular weight is 231 g/mol. The summed E-state index contributed by atoms with van der Waals surface area (Å²) < 4.78 is 0. The van der Waals surface area contributed by atoms with Crippen molar-refractivity contribution in [3.63, 3.8) is 0 Å². The molecular formula is C12H17N5. The zero-order valence-corrected chi connectivity index (χ0v) is 9.90. The highest BCUT2D eigenvalue weighted by molar-refractivity contribution is 5.50. The Balaban J connectivity index is 1.76. The summed E-state index contributed by atoms with van der Waals surface area (Å²) in [6, 6.07) is 1.96. The summed E-state index contributed by atoms with van der Waals surface area (Å²) in [4.78, 5) is 11.5. The van der Waals surface area contributed by atoms with Crippen molar-refractivity contribution >= 4 is 11.5 Å². The Morgan fingerprint density at radius 3 is 3.00 bits per heavy atom. The number of nitrogens with zero attached hydrogens (tertiary/aromatic N) is 2. The third kappa shape index (κ3) is 3.21. The van der Waals surface area contributed by atoms with Gasteiger partial charge in [-0.1, -0.05) is 0 Å². The highest BCUT2D eigenvalue weighted by Crippen LogP contribution is 2.12. The number of pyridine rings is 1. The van der Waals surface area contributed by atoms with Crippen LogP contribution in [-0.2, 0) is 6.42 Å². The van der Waals surface area contributed by atoms with E-state index < -0.39 is 0 Å². The number of nitrogens with two attached hydrogens (primary N) is 1. The Labute approximate surface area is 100 Å². The van der Waals surface area contributed by atoms with E-state index in [0.717, 1.165) is 42.3 Å². The second-order valence-electron chi connectivity index (χ2n) is 3.99. The van der Waals surface area contributed by atoms with Crippen molar-refractivity contribution in [2.24, 2.45) is 0 Å². The second kappa shape index (κ2) is 5.34. The van der Waals surface area contributed by atoms with Gasteiger partial charge < -0.3 is 16.0 Å². The van der Waals surface area contributed by atoms with Crippen LogP contribution in [0, 0.1) is 6.92 Å². The molecule has 5 heteroatoms. The number of aryl methyl sites for hydroxylation is 2. The number of hydrogen-bond donors (Lipinski definition) is 3. The Hall–Kier alpha value is -2.04. The minimum Gasteiger partial charge on any atom is -0.397 e. The van der Waals surface area contributed by atoms with E-state index in [-0.39, 0.29) is 0 Å². The molecule has 0 aliphatic heterocycles. The molecule has 0 amide bonds. The Kier molecular flexibility index (Phi) is 3.59. The first-order valence-corrected chi connectivity index (χ1v) is 5.70. The minimum absolute atomic E-state index is 0.728. The van der Waals surface area contributed by atoms with E-state index in [1.54, 1.807) is 12.4 Å². The van der Waals surface area contributed by atoms with Gasteiger partial charge in [-0.2, -0.15) is 0 Å². The molecule has 0 saturated heterocycles. The van der Waals surface area contributed by atoms with Gasteiger partial charge in [-0.3, -0.25) is 0 Å². The molecule has 0 fully saturated rings. The fourth-order valence-electron chi connectivity index (χ4n) is 1.57. The number of nitrogen functional groups attached to an aromatic ring is 1. The maximum Gasteiger partial charge on any atom is 0.126 e. The highest BCUT2D eigenvalue weighted by Gasteiger charge is 1.98. The smallest absolute Gasteiger partial charge is 0.126 e. The maximum atomic E-state index is 5.71. The lowest BCUT2D eigenvalue weighted by Crippen LogP contribution is -2.06. The molecule has 2 rings (SSSR count). The van der Waals surface area contributed by atoms with Gasteiger partial charge in [0.1, 0.15) is 11.6 Å². The molecule has 2 aromatic heterocycles. The monoisotopic (exact) mass is 231 g/mol. The van der Waals surface area contributed by atoms with E-state index in [1.807, 2.05) is 19.2 Å². The normalized spacial score (nSPS) is 10.4. The van der Waals surface area contributed by atoms with Crippen LogP contribution < -0.4 is 11.1 Å². The zero-order valence-electron chi connectivity index (χ0n) is 9.90. The van der Waals surface area contributed by atoms with Gasteiger partial charge in [0.05, 0.1) is 11.9 Å². The van der Waals surface area contributed by atoms with Crippen LogP contribution in [0.15, 0.2) is 24.7 Å². The number of aromatic nitrogens is 3. The van der Waals surface area contributed by atoms with Crippen LogP contribution in [-0.4, -0.2) is 21.5 Å². The standard InChI is InChI=1S/C12H17N5/c1-9-7-12(17-8-10(9)13)14-4-2-3-11-15-5-6-16-11/h5-8H,2-4,13H2,1H3,(H,14,17)(H,15,16). The molecule has 0 radical (unpaired) electrons. The number of aromatic amines is 1. The summed E-state index contributed by atoms with van der Waals surface area (Å²) in [5.41, 5.74) is 7.48. The van der Waals surface area contributed by atoms with Crippen LogP contribution in [0.1, 0.15) is 17.8 Å². The lowest BCUT2D eigenvalue weighted by Gasteiger charge is -2.06. The summed E-state index contributed by atoms with van der Waals surface area (Å²) in [6.45, 7) is 2.85. The van der Waals surface area contributed by atoms with Crippen LogP contribution in [0.2, 0.25) is 0 Å². The fraction of sp³-hybridized carbons (Fsp3) is 0.333.